The second-order valence-corrected chi connectivity index (χ2v) is 8.45. The van der Waals surface area contributed by atoms with Crippen LogP contribution in [0.15, 0.2) is 46.3 Å². The number of halogens is 6. The number of ether oxygens (including phenoxy) is 1. The Morgan fingerprint density at radius 3 is 2.46 bits per heavy atom. The Morgan fingerprint density at radius 2 is 1.83 bits per heavy atom. The number of amidine groups is 1. The number of nitrogens with one attached hydrogen (secondary N) is 2. The molecule has 1 heterocycles. The lowest BCUT2D eigenvalue weighted by Gasteiger charge is -2.18. The van der Waals surface area contributed by atoms with E-state index in [9.17, 15) is 31.1 Å². The number of amides is 1. The highest BCUT2D eigenvalue weighted by Gasteiger charge is 2.38. The van der Waals surface area contributed by atoms with Gasteiger partial charge in [0.05, 0.1) is 21.7 Å². The molecule has 35 heavy (non-hydrogen) atoms. The maximum atomic E-state index is 13.4. The average Bonchev–Trinajstić information content (AvgIpc) is 3.14. The minimum atomic E-state index is -4.98. The minimum absolute atomic E-state index is 0.0890. The van der Waals surface area contributed by atoms with Gasteiger partial charge in [0, 0.05) is 19.2 Å². The van der Waals surface area contributed by atoms with E-state index in [0.717, 1.165) is 24.2 Å². The SMILES string of the molecule is CCCNc1cc(/C=C2\SC(=O)NC2=NC)ccc1OCc1ccc(C(F)(F)F)cc1C(F)(F)F. The summed E-state index contributed by atoms with van der Waals surface area (Å²) in [5.41, 5.74) is -2.04. The molecular formula is C23H21F6N3O2S. The fourth-order valence-corrected chi connectivity index (χ4v) is 3.99. The first-order valence-electron chi connectivity index (χ1n) is 10.4. The zero-order valence-electron chi connectivity index (χ0n) is 18.6. The molecule has 2 N–H and O–H groups in total. The number of hydrogen-bond donors (Lipinski definition) is 2. The van der Waals surface area contributed by atoms with Gasteiger partial charge in [-0.3, -0.25) is 9.79 Å². The van der Waals surface area contributed by atoms with Crippen LogP contribution in [-0.4, -0.2) is 24.7 Å². The van der Waals surface area contributed by atoms with Gasteiger partial charge in [-0.15, -0.1) is 0 Å². The van der Waals surface area contributed by atoms with E-state index in [4.69, 9.17) is 4.74 Å². The molecule has 0 bridgehead atoms. The number of hydrogen-bond acceptors (Lipinski definition) is 5. The molecule has 188 valence electrons. The van der Waals surface area contributed by atoms with Crippen LogP contribution in [0.1, 0.15) is 35.6 Å². The third kappa shape index (κ3) is 6.71. The largest absolute Gasteiger partial charge is 0.487 e. The Balaban J connectivity index is 1.89. The van der Waals surface area contributed by atoms with E-state index >= 15 is 0 Å². The van der Waals surface area contributed by atoms with Crippen LogP contribution in [0.4, 0.5) is 36.8 Å². The number of benzene rings is 2. The fourth-order valence-electron chi connectivity index (χ4n) is 3.21. The van der Waals surface area contributed by atoms with Crippen LogP contribution in [0, 0.1) is 0 Å². The molecule has 0 atom stereocenters. The van der Waals surface area contributed by atoms with Gasteiger partial charge in [0.2, 0.25) is 0 Å². The van der Waals surface area contributed by atoms with Crippen molar-refractivity contribution < 1.29 is 35.9 Å². The number of alkyl halides is 6. The topological polar surface area (TPSA) is 62.7 Å². The van der Waals surface area contributed by atoms with Crippen molar-refractivity contribution in [2.24, 2.45) is 4.99 Å². The standard InChI is InChI=1S/C23H21F6N3O2S/c1-3-8-31-17-9-13(10-19-20(30-2)32-21(33)35-19)4-7-18(17)34-12-14-5-6-15(22(24,25)26)11-16(14)23(27,28)29/h4-7,9-11,31H,3,8,12H2,1-2H3,(H,30,32,33)/b19-10-. The first-order valence-corrected chi connectivity index (χ1v) is 11.2. The van der Waals surface area contributed by atoms with Crippen LogP contribution in [0.2, 0.25) is 0 Å². The van der Waals surface area contributed by atoms with E-state index in [1.165, 1.54) is 7.05 Å². The Kier molecular flexibility index (Phi) is 8.04. The third-order valence-corrected chi connectivity index (χ3v) is 5.69. The van der Waals surface area contributed by atoms with Gasteiger partial charge >= 0.3 is 12.4 Å². The summed E-state index contributed by atoms with van der Waals surface area (Å²) < 4.78 is 84.7. The predicted molar refractivity (Wildman–Crippen MR) is 123 cm³/mol. The molecule has 1 aliphatic rings. The van der Waals surface area contributed by atoms with E-state index < -0.39 is 35.6 Å². The third-order valence-electron chi connectivity index (χ3n) is 4.87. The molecule has 0 radical (unpaired) electrons. The number of thioether (sulfide) groups is 1. The zero-order valence-corrected chi connectivity index (χ0v) is 19.4. The smallest absolute Gasteiger partial charge is 0.416 e. The molecule has 0 unspecified atom stereocenters. The molecule has 2 aromatic rings. The van der Waals surface area contributed by atoms with Gasteiger partial charge < -0.3 is 15.4 Å². The van der Waals surface area contributed by atoms with Crippen LogP contribution < -0.4 is 15.4 Å². The molecule has 0 aliphatic carbocycles. The lowest BCUT2D eigenvalue weighted by Crippen LogP contribution is -2.18. The molecule has 12 heteroatoms. The Morgan fingerprint density at radius 1 is 1.09 bits per heavy atom. The van der Waals surface area contributed by atoms with Crippen LogP contribution in [0.5, 0.6) is 5.75 Å². The molecule has 5 nitrogen and oxygen atoms in total. The van der Waals surface area contributed by atoms with Crippen molar-refractivity contribution in [2.75, 3.05) is 18.9 Å². The highest BCUT2D eigenvalue weighted by atomic mass is 32.2. The van der Waals surface area contributed by atoms with Gasteiger partial charge in [0.25, 0.3) is 5.24 Å². The zero-order chi connectivity index (χ0) is 25.8. The summed E-state index contributed by atoms with van der Waals surface area (Å²) in [4.78, 5) is 16.2. The predicted octanol–water partition coefficient (Wildman–Crippen LogP) is 6.95. The summed E-state index contributed by atoms with van der Waals surface area (Å²) >= 11 is 0.977. The summed E-state index contributed by atoms with van der Waals surface area (Å²) in [6.45, 7) is 1.88. The number of anilines is 1. The van der Waals surface area contributed by atoms with Gasteiger partial charge in [-0.25, -0.2) is 0 Å². The summed E-state index contributed by atoms with van der Waals surface area (Å²) in [6, 6.07) is 6.35. The van der Waals surface area contributed by atoms with Crippen molar-refractivity contribution in [3.8, 4) is 5.75 Å². The molecule has 2 aromatic carbocycles. The van der Waals surface area contributed by atoms with Crippen LogP contribution in [0.25, 0.3) is 6.08 Å². The van der Waals surface area contributed by atoms with Crippen molar-refractivity contribution >= 4 is 34.6 Å². The van der Waals surface area contributed by atoms with Crippen molar-refractivity contribution in [1.82, 2.24) is 5.32 Å². The maximum Gasteiger partial charge on any atom is 0.416 e. The van der Waals surface area contributed by atoms with E-state index in [0.29, 0.717) is 34.6 Å². The number of carbonyl (C=O) groups is 1. The van der Waals surface area contributed by atoms with Gasteiger partial charge in [-0.05, 0) is 54.1 Å². The second kappa shape index (κ2) is 10.6. The van der Waals surface area contributed by atoms with E-state index in [1.807, 2.05) is 6.92 Å². The molecule has 0 saturated carbocycles. The normalized spacial score (nSPS) is 16.6. The number of rotatable bonds is 7. The molecule has 3 rings (SSSR count). The Labute approximate surface area is 201 Å². The minimum Gasteiger partial charge on any atom is -0.487 e. The Hall–Kier alpha value is -3.15. The van der Waals surface area contributed by atoms with Crippen LogP contribution in [-0.2, 0) is 19.0 Å². The molecule has 1 amide bonds. The lowest BCUT2D eigenvalue weighted by atomic mass is 10.0. The van der Waals surface area contributed by atoms with Crippen molar-refractivity contribution in [3.63, 3.8) is 0 Å². The van der Waals surface area contributed by atoms with Gasteiger partial charge in [-0.2, -0.15) is 26.3 Å². The number of carbonyl (C=O) groups excluding carboxylic acids is 1. The molecular weight excluding hydrogens is 496 g/mol. The Bertz CT molecular complexity index is 1160. The monoisotopic (exact) mass is 517 g/mol. The quantitative estimate of drug-likeness (QED) is 0.390. The highest BCUT2D eigenvalue weighted by Crippen LogP contribution is 2.38. The van der Waals surface area contributed by atoms with Crippen molar-refractivity contribution in [1.29, 1.82) is 0 Å². The molecule has 1 fully saturated rings. The van der Waals surface area contributed by atoms with E-state index in [2.05, 4.69) is 15.6 Å². The summed E-state index contributed by atoms with van der Waals surface area (Å²) in [7, 11) is 1.54. The lowest BCUT2D eigenvalue weighted by molar-refractivity contribution is -0.143. The van der Waals surface area contributed by atoms with Crippen LogP contribution >= 0.6 is 11.8 Å². The summed E-state index contributed by atoms with van der Waals surface area (Å²) in [6.07, 6.45) is -7.41. The highest BCUT2D eigenvalue weighted by molar-refractivity contribution is 8.18. The second-order valence-electron chi connectivity index (χ2n) is 7.43. The first-order chi connectivity index (χ1) is 16.4. The van der Waals surface area contributed by atoms with E-state index in [-0.39, 0.29) is 17.1 Å². The fraction of sp³-hybridized carbons (Fsp3) is 0.304. The molecule has 0 aromatic heterocycles. The van der Waals surface area contributed by atoms with Crippen molar-refractivity contribution in [2.45, 2.75) is 32.3 Å². The number of nitrogens with zero attached hydrogens (tertiary/aromatic N) is 1. The van der Waals surface area contributed by atoms with Crippen LogP contribution in [0.3, 0.4) is 0 Å². The van der Waals surface area contributed by atoms with Gasteiger partial charge in [0.1, 0.15) is 18.2 Å². The average molecular weight is 517 g/mol. The van der Waals surface area contributed by atoms with Crippen molar-refractivity contribution in [3.05, 3.63) is 63.6 Å². The maximum absolute atomic E-state index is 13.4. The number of aliphatic imine (C=N–C) groups is 1. The van der Waals surface area contributed by atoms with Gasteiger partial charge in [0.15, 0.2) is 0 Å². The van der Waals surface area contributed by atoms with Gasteiger partial charge in [-0.1, -0.05) is 19.1 Å². The first kappa shape index (κ1) is 26.5. The summed E-state index contributed by atoms with van der Waals surface area (Å²) in [5, 5.41) is 5.47. The molecule has 1 aliphatic heterocycles. The van der Waals surface area contributed by atoms with E-state index in [1.54, 1.807) is 24.3 Å². The molecule has 0 spiro atoms. The molecule has 1 saturated heterocycles. The summed E-state index contributed by atoms with van der Waals surface area (Å²) in [5.74, 6) is 0.650.